The molecule has 0 atom stereocenters. The lowest BCUT2D eigenvalue weighted by molar-refractivity contribution is 0.151. The summed E-state index contributed by atoms with van der Waals surface area (Å²) in [6.07, 6.45) is 4.12. The molecule has 1 saturated heterocycles. The highest BCUT2D eigenvalue weighted by molar-refractivity contribution is 7.90. The minimum absolute atomic E-state index is 0.0277. The third-order valence-electron chi connectivity index (χ3n) is 3.41. The highest BCUT2D eigenvalue weighted by Gasteiger charge is 2.40. The zero-order valence-corrected chi connectivity index (χ0v) is 9.71. The molecule has 15 heavy (non-hydrogen) atoms. The third-order valence-corrected chi connectivity index (χ3v) is 5.80. The monoisotopic (exact) mass is 232 g/mol. The molecule has 2 fully saturated rings. The van der Waals surface area contributed by atoms with E-state index in [0.717, 1.165) is 25.7 Å². The molecule has 2 aliphatic rings. The Kier molecular flexibility index (Phi) is 3.33. The molecule has 0 amide bonds. The molecule has 1 heterocycles. The molecule has 4 nitrogen and oxygen atoms in total. The number of nitrogens with zero attached hydrogens (tertiary/aromatic N) is 1. The zero-order chi connectivity index (χ0) is 10.9. The van der Waals surface area contributed by atoms with Crippen LogP contribution in [-0.4, -0.2) is 37.7 Å². The predicted octanol–water partition coefficient (Wildman–Crippen LogP) is 1.01. The third kappa shape index (κ3) is 2.52. The van der Waals surface area contributed by atoms with Gasteiger partial charge in [0.05, 0.1) is 11.9 Å². The average Bonchev–Trinajstić information content (AvgIpc) is 3.02. The Morgan fingerprint density at radius 1 is 1.07 bits per heavy atom. The molecule has 0 aromatic carbocycles. The Bertz CT molecular complexity index is 303. The molecule has 0 spiro atoms. The smallest absolute Gasteiger partial charge is 0.216 e. The van der Waals surface area contributed by atoms with Crippen LogP contribution in [0.5, 0.6) is 0 Å². The van der Waals surface area contributed by atoms with E-state index in [-0.39, 0.29) is 11.9 Å². The van der Waals surface area contributed by atoms with Crippen LogP contribution < -0.4 is 0 Å². The molecule has 87 valence electrons. The van der Waals surface area contributed by atoms with Crippen molar-refractivity contribution < 1.29 is 13.5 Å². The molecule has 1 saturated carbocycles. The molecule has 0 unspecified atom stereocenters. The van der Waals surface area contributed by atoms with E-state index in [1.807, 2.05) is 0 Å². The van der Waals surface area contributed by atoms with Gasteiger partial charge in [-0.05, 0) is 38.0 Å². The predicted molar refractivity (Wildman–Crippen MR) is 56.4 cm³/mol. The van der Waals surface area contributed by atoms with Crippen LogP contribution in [0.15, 0.2) is 0 Å². The normalized spacial score (nSPS) is 25.7. The maximum Gasteiger partial charge on any atom is 0.216 e. The maximum atomic E-state index is 11.9. The van der Waals surface area contributed by atoms with E-state index < -0.39 is 10.0 Å². The van der Waals surface area contributed by atoms with Gasteiger partial charge in [0.25, 0.3) is 0 Å². The van der Waals surface area contributed by atoms with Gasteiger partial charge in [-0.25, -0.2) is 17.8 Å². The summed E-state index contributed by atoms with van der Waals surface area (Å²) < 4.78 is 25.4. The highest BCUT2D eigenvalue weighted by atomic mass is 32.2. The van der Waals surface area contributed by atoms with Crippen LogP contribution in [-0.2, 0) is 15.1 Å². The first-order chi connectivity index (χ1) is 7.14. The fraction of sp³-hybridized carbons (Fsp3) is 1.00. The summed E-state index contributed by atoms with van der Waals surface area (Å²) in [6.45, 7) is 1.23. The van der Waals surface area contributed by atoms with E-state index >= 15 is 0 Å². The van der Waals surface area contributed by atoms with Crippen molar-refractivity contribution in [2.75, 3.05) is 19.7 Å². The van der Waals surface area contributed by atoms with Crippen molar-refractivity contribution in [3.63, 3.8) is 0 Å². The fourth-order valence-electron chi connectivity index (χ4n) is 2.20. The topological polar surface area (TPSA) is 57.3 Å². The lowest BCUT2D eigenvalue weighted by Crippen LogP contribution is -2.40. The first-order valence-electron chi connectivity index (χ1n) is 5.71. The number of piperidine rings is 1. The van der Waals surface area contributed by atoms with E-state index in [2.05, 4.69) is 0 Å². The standard InChI is InChI=1S/C10H18NO3S/c12-8-5-9-3-6-11(7-4-9)15(13,14)10-1-2-10/h9-10H,1-8H2. The summed E-state index contributed by atoms with van der Waals surface area (Å²) in [5.74, 6) is 0.452. The van der Waals surface area contributed by atoms with Crippen LogP contribution in [0.1, 0.15) is 32.1 Å². The van der Waals surface area contributed by atoms with E-state index in [1.165, 1.54) is 0 Å². The molecule has 0 N–H and O–H groups in total. The Morgan fingerprint density at radius 2 is 1.67 bits per heavy atom. The van der Waals surface area contributed by atoms with Crippen molar-refractivity contribution in [3.05, 3.63) is 0 Å². The first kappa shape index (κ1) is 11.4. The van der Waals surface area contributed by atoms with Gasteiger partial charge in [0.1, 0.15) is 0 Å². The zero-order valence-electron chi connectivity index (χ0n) is 8.89. The van der Waals surface area contributed by atoms with E-state index in [0.29, 0.717) is 25.4 Å². The Hall–Kier alpha value is -0.130. The molecule has 0 aromatic rings. The summed E-state index contributed by atoms with van der Waals surface area (Å²) in [7, 11) is -2.97. The second kappa shape index (κ2) is 4.39. The largest absolute Gasteiger partial charge is 0.237 e. The molecule has 0 aromatic heterocycles. The van der Waals surface area contributed by atoms with Crippen molar-refractivity contribution in [2.45, 2.75) is 37.4 Å². The Labute approximate surface area is 91.3 Å². The number of hydrogen-bond donors (Lipinski definition) is 0. The van der Waals surface area contributed by atoms with Crippen molar-refractivity contribution in [2.24, 2.45) is 5.92 Å². The van der Waals surface area contributed by atoms with Gasteiger partial charge in [0, 0.05) is 13.1 Å². The molecule has 1 aliphatic heterocycles. The van der Waals surface area contributed by atoms with Gasteiger partial charge in [-0.2, -0.15) is 0 Å². The van der Waals surface area contributed by atoms with Gasteiger partial charge < -0.3 is 0 Å². The van der Waals surface area contributed by atoms with Gasteiger partial charge >= 0.3 is 0 Å². The Morgan fingerprint density at radius 3 is 2.13 bits per heavy atom. The number of sulfonamides is 1. The number of rotatable bonds is 4. The summed E-state index contributed by atoms with van der Waals surface area (Å²) in [4.78, 5) is 0. The van der Waals surface area contributed by atoms with Crippen molar-refractivity contribution in [1.29, 1.82) is 0 Å². The molecule has 1 radical (unpaired) electrons. The fourth-order valence-corrected chi connectivity index (χ4v) is 4.07. The molecule has 1 aliphatic carbocycles. The molecule has 5 heteroatoms. The van der Waals surface area contributed by atoms with Crippen molar-refractivity contribution >= 4 is 10.0 Å². The second-order valence-corrected chi connectivity index (χ2v) is 6.79. The van der Waals surface area contributed by atoms with E-state index in [9.17, 15) is 13.5 Å². The lowest BCUT2D eigenvalue weighted by Gasteiger charge is -2.30. The summed E-state index contributed by atoms with van der Waals surface area (Å²) in [5, 5.41) is 10.4. The SMILES string of the molecule is [O]CCC1CCN(S(=O)(=O)C2CC2)CC1. The highest BCUT2D eigenvalue weighted by Crippen LogP contribution is 2.33. The molecule has 2 rings (SSSR count). The molecular weight excluding hydrogens is 214 g/mol. The maximum absolute atomic E-state index is 11.9. The molecular formula is C10H18NO3S. The Balaban J connectivity index is 1.87. The van der Waals surface area contributed by atoms with Gasteiger partial charge in [0.15, 0.2) is 0 Å². The summed E-state index contributed by atoms with van der Waals surface area (Å²) in [5.41, 5.74) is 0. The minimum Gasteiger partial charge on any atom is -0.237 e. The number of hydrogen-bond acceptors (Lipinski definition) is 2. The van der Waals surface area contributed by atoms with Gasteiger partial charge in [-0.3, -0.25) is 0 Å². The average molecular weight is 232 g/mol. The molecule has 0 bridgehead atoms. The van der Waals surface area contributed by atoms with Crippen LogP contribution in [0.25, 0.3) is 0 Å². The van der Waals surface area contributed by atoms with Crippen LogP contribution in [0, 0.1) is 5.92 Å². The lowest BCUT2D eigenvalue weighted by atomic mass is 9.95. The van der Waals surface area contributed by atoms with E-state index in [4.69, 9.17) is 0 Å². The second-order valence-electron chi connectivity index (χ2n) is 4.58. The summed E-state index contributed by atoms with van der Waals surface area (Å²) >= 11 is 0. The minimum atomic E-state index is -2.97. The van der Waals surface area contributed by atoms with Gasteiger partial charge in [-0.1, -0.05) is 0 Å². The first-order valence-corrected chi connectivity index (χ1v) is 7.22. The van der Waals surface area contributed by atoms with Crippen LogP contribution in [0.4, 0.5) is 0 Å². The van der Waals surface area contributed by atoms with Gasteiger partial charge in [-0.15, -0.1) is 0 Å². The van der Waals surface area contributed by atoms with Crippen LogP contribution in [0.2, 0.25) is 0 Å². The quantitative estimate of drug-likeness (QED) is 0.726. The van der Waals surface area contributed by atoms with Gasteiger partial charge in [0.2, 0.25) is 10.0 Å². The summed E-state index contributed by atoms with van der Waals surface area (Å²) in [6, 6.07) is 0. The van der Waals surface area contributed by atoms with Crippen LogP contribution in [0.3, 0.4) is 0 Å². The van der Waals surface area contributed by atoms with Crippen molar-refractivity contribution in [1.82, 2.24) is 4.31 Å². The van der Waals surface area contributed by atoms with Crippen molar-refractivity contribution in [3.8, 4) is 0 Å². The van der Waals surface area contributed by atoms with E-state index in [1.54, 1.807) is 4.31 Å². The van der Waals surface area contributed by atoms with Crippen LogP contribution >= 0.6 is 0 Å².